The summed E-state index contributed by atoms with van der Waals surface area (Å²) in [6.07, 6.45) is 1.80. The lowest BCUT2D eigenvalue weighted by Gasteiger charge is -2.10. The Morgan fingerprint density at radius 3 is 2.73 bits per heavy atom. The monoisotopic (exact) mass is 386 g/mol. The van der Waals surface area contributed by atoms with Crippen LogP contribution in [0.25, 0.3) is 21.6 Å². The first-order valence-electron chi connectivity index (χ1n) is 7.89. The van der Waals surface area contributed by atoms with Crippen molar-refractivity contribution < 1.29 is 13.6 Å². The summed E-state index contributed by atoms with van der Waals surface area (Å²) in [4.78, 5) is 10.1. The lowest BCUT2D eigenvalue weighted by atomic mass is 10.2. The predicted octanol–water partition coefficient (Wildman–Crippen LogP) is 5.54. The van der Waals surface area contributed by atoms with Crippen molar-refractivity contribution in [2.75, 3.05) is 7.11 Å². The van der Waals surface area contributed by atoms with Gasteiger partial charge < -0.3 is 4.57 Å². The third-order valence-corrected chi connectivity index (χ3v) is 5.42. The highest BCUT2D eigenvalue weighted by molar-refractivity contribution is 7.94. The van der Waals surface area contributed by atoms with Crippen molar-refractivity contribution in [3.63, 3.8) is 0 Å². The molecule has 0 aliphatic heterocycles. The van der Waals surface area contributed by atoms with Gasteiger partial charge in [-0.15, -0.1) is 11.3 Å². The first kappa shape index (κ1) is 17.2. The van der Waals surface area contributed by atoms with E-state index in [1.54, 1.807) is 17.5 Å². The molecule has 26 heavy (non-hydrogen) atoms. The SMILES string of the molecule is COOSc1ccc2c(c1)cc(-c1nccs1)n2Cc1ccc(F)cc1. The van der Waals surface area contributed by atoms with Crippen LogP contribution in [0.2, 0.25) is 0 Å². The summed E-state index contributed by atoms with van der Waals surface area (Å²) in [5, 5.41) is 4.00. The van der Waals surface area contributed by atoms with Crippen LogP contribution in [0.4, 0.5) is 4.39 Å². The van der Waals surface area contributed by atoms with E-state index in [0.29, 0.717) is 6.54 Å². The molecule has 2 aromatic carbocycles. The fourth-order valence-electron chi connectivity index (χ4n) is 2.84. The van der Waals surface area contributed by atoms with E-state index in [2.05, 4.69) is 32.6 Å². The highest BCUT2D eigenvalue weighted by atomic mass is 32.2. The fraction of sp³-hybridized carbons (Fsp3) is 0.105. The summed E-state index contributed by atoms with van der Waals surface area (Å²) >= 11 is 2.76. The molecule has 0 spiro atoms. The number of aromatic nitrogens is 2. The first-order chi connectivity index (χ1) is 12.7. The molecule has 4 aromatic rings. The highest BCUT2D eigenvalue weighted by Gasteiger charge is 2.14. The third kappa shape index (κ3) is 3.52. The van der Waals surface area contributed by atoms with Crippen LogP contribution < -0.4 is 0 Å². The molecule has 0 fully saturated rings. The van der Waals surface area contributed by atoms with Gasteiger partial charge in [-0.2, -0.15) is 4.33 Å². The average molecular weight is 386 g/mol. The van der Waals surface area contributed by atoms with Crippen LogP contribution in [0.3, 0.4) is 0 Å². The predicted molar refractivity (Wildman–Crippen MR) is 102 cm³/mol. The Bertz CT molecular complexity index is 1010. The standard InChI is InChI=1S/C19H15FN2O2S2/c1-23-24-26-16-6-7-17-14(10-16)11-18(19-21-8-9-25-19)22(17)12-13-2-4-15(20)5-3-13/h2-11H,12H2,1H3. The van der Waals surface area contributed by atoms with Crippen molar-refractivity contribution in [3.8, 4) is 10.7 Å². The van der Waals surface area contributed by atoms with Crippen molar-refractivity contribution in [2.24, 2.45) is 0 Å². The molecule has 0 unspecified atom stereocenters. The van der Waals surface area contributed by atoms with Crippen LogP contribution in [-0.4, -0.2) is 16.7 Å². The van der Waals surface area contributed by atoms with Crippen LogP contribution in [0.5, 0.6) is 0 Å². The number of benzene rings is 2. The Morgan fingerprint density at radius 2 is 2.00 bits per heavy atom. The summed E-state index contributed by atoms with van der Waals surface area (Å²) in [6, 6.07) is 14.8. The molecule has 0 N–H and O–H groups in total. The number of thiazole rings is 1. The van der Waals surface area contributed by atoms with Gasteiger partial charge in [0.15, 0.2) is 0 Å². The summed E-state index contributed by atoms with van der Waals surface area (Å²) in [5.74, 6) is -0.230. The summed E-state index contributed by atoms with van der Waals surface area (Å²) in [6.45, 7) is 0.639. The van der Waals surface area contributed by atoms with Crippen LogP contribution >= 0.6 is 23.4 Å². The Morgan fingerprint density at radius 1 is 1.15 bits per heavy atom. The molecule has 0 saturated carbocycles. The van der Waals surface area contributed by atoms with Crippen molar-refractivity contribution in [1.82, 2.24) is 9.55 Å². The van der Waals surface area contributed by atoms with E-state index < -0.39 is 0 Å². The van der Waals surface area contributed by atoms with E-state index in [1.807, 2.05) is 23.6 Å². The van der Waals surface area contributed by atoms with Gasteiger partial charge in [0, 0.05) is 33.9 Å². The minimum Gasteiger partial charge on any atom is -0.334 e. The largest absolute Gasteiger partial charge is 0.334 e. The highest BCUT2D eigenvalue weighted by Crippen LogP contribution is 2.33. The molecule has 4 nitrogen and oxygen atoms in total. The zero-order valence-electron chi connectivity index (χ0n) is 13.9. The minimum absolute atomic E-state index is 0.230. The van der Waals surface area contributed by atoms with E-state index in [-0.39, 0.29) is 5.82 Å². The maximum absolute atomic E-state index is 13.2. The molecule has 0 aliphatic rings. The normalized spacial score (nSPS) is 11.3. The summed E-state index contributed by atoms with van der Waals surface area (Å²) in [7, 11) is 1.48. The molecule has 0 atom stereocenters. The van der Waals surface area contributed by atoms with Crippen molar-refractivity contribution in [2.45, 2.75) is 11.4 Å². The van der Waals surface area contributed by atoms with Gasteiger partial charge >= 0.3 is 0 Å². The van der Waals surface area contributed by atoms with Gasteiger partial charge in [0.05, 0.1) is 24.8 Å². The molecule has 7 heteroatoms. The number of fused-ring (bicyclic) bond motifs is 1. The maximum Gasteiger partial charge on any atom is 0.139 e. The van der Waals surface area contributed by atoms with Gasteiger partial charge in [-0.1, -0.05) is 12.1 Å². The average Bonchev–Trinajstić information content (AvgIpc) is 3.30. The molecular formula is C19H15FN2O2S2. The molecule has 0 saturated heterocycles. The van der Waals surface area contributed by atoms with Gasteiger partial charge in [-0.05, 0) is 42.0 Å². The molecule has 4 rings (SSSR count). The first-order valence-corrected chi connectivity index (χ1v) is 9.51. The van der Waals surface area contributed by atoms with E-state index in [0.717, 1.165) is 32.1 Å². The molecule has 0 radical (unpaired) electrons. The summed E-state index contributed by atoms with van der Waals surface area (Å²) < 4.78 is 20.4. The molecule has 2 heterocycles. The minimum atomic E-state index is -0.230. The Balaban J connectivity index is 1.79. The second-order valence-corrected chi connectivity index (χ2v) is 7.29. The smallest absolute Gasteiger partial charge is 0.139 e. The zero-order chi connectivity index (χ0) is 17.9. The Labute approximate surface area is 158 Å². The summed E-state index contributed by atoms with van der Waals surface area (Å²) in [5.41, 5.74) is 3.15. The van der Waals surface area contributed by atoms with Crippen molar-refractivity contribution >= 4 is 34.3 Å². The number of rotatable bonds is 6. The van der Waals surface area contributed by atoms with E-state index in [1.165, 1.54) is 31.3 Å². The van der Waals surface area contributed by atoms with E-state index in [4.69, 9.17) is 4.33 Å². The molecule has 0 bridgehead atoms. The lowest BCUT2D eigenvalue weighted by molar-refractivity contribution is -0.160. The van der Waals surface area contributed by atoms with Crippen LogP contribution in [-0.2, 0) is 15.8 Å². The molecule has 2 aromatic heterocycles. The van der Waals surface area contributed by atoms with Crippen LogP contribution in [0.15, 0.2) is 65.0 Å². The maximum atomic E-state index is 13.2. The molecule has 0 amide bonds. The van der Waals surface area contributed by atoms with Gasteiger partial charge in [0.1, 0.15) is 10.8 Å². The van der Waals surface area contributed by atoms with Crippen molar-refractivity contribution in [3.05, 3.63) is 71.5 Å². The van der Waals surface area contributed by atoms with Gasteiger partial charge in [0.25, 0.3) is 0 Å². The number of hydrogen-bond donors (Lipinski definition) is 0. The second kappa shape index (κ2) is 7.59. The zero-order valence-corrected chi connectivity index (χ0v) is 15.5. The van der Waals surface area contributed by atoms with Crippen LogP contribution in [0, 0.1) is 5.82 Å². The van der Waals surface area contributed by atoms with Gasteiger partial charge in [-0.25, -0.2) is 14.3 Å². The molecule has 132 valence electrons. The number of hydrogen-bond acceptors (Lipinski definition) is 5. The lowest BCUT2D eigenvalue weighted by Crippen LogP contribution is -2.01. The fourth-order valence-corrected chi connectivity index (χ4v) is 3.95. The van der Waals surface area contributed by atoms with Crippen molar-refractivity contribution in [1.29, 1.82) is 0 Å². The second-order valence-electron chi connectivity index (χ2n) is 5.62. The molecule has 0 aliphatic carbocycles. The van der Waals surface area contributed by atoms with E-state index >= 15 is 0 Å². The topological polar surface area (TPSA) is 36.3 Å². The Hall–Kier alpha value is -2.19. The van der Waals surface area contributed by atoms with Crippen LogP contribution in [0.1, 0.15) is 5.56 Å². The van der Waals surface area contributed by atoms with Gasteiger partial charge in [-0.3, -0.25) is 0 Å². The third-order valence-electron chi connectivity index (χ3n) is 3.98. The number of nitrogens with zero attached hydrogens (tertiary/aromatic N) is 2. The van der Waals surface area contributed by atoms with E-state index in [9.17, 15) is 4.39 Å². The molecular weight excluding hydrogens is 371 g/mol. The van der Waals surface area contributed by atoms with Gasteiger partial charge in [0.2, 0.25) is 0 Å². The Kier molecular flexibility index (Phi) is 5.03. The number of halogens is 1. The quantitative estimate of drug-likeness (QED) is 0.248.